The van der Waals surface area contributed by atoms with Gasteiger partial charge in [-0.1, -0.05) is 12.6 Å². The van der Waals surface area contributed by atoms with Gasteiger partial charge in [-0.25, -0.2) is 13.2 Å². The first-order chi connectivity index (χ1) is 23.6. The van der Waals surface area contributed by atoms with E-state index in [-0.39, 0.29) is 63.8 Å². The summed E-state index contributed by atoms with van der Waals surface area (Å²) in [6, 6.07) is 9.92. The zero-order valence-electron chi connectivity index (χ0n) is 27.5. The summed E-state index contributed by atoms with van der Waals surface area (Å²) in [5.41, 5.74) is 0.523. The van der Waals surface area contributed by atoms with Crippen LogP contribution < -0.4 is 15.0 Å². The van der Waals surface area contributed by atoms with Gasteiger partial charge in [-0.3, -0.25) is 4.90 Å². The molecule has 4 fully saturated rings. The van der Waals surface area contributed by atoms with Gasteiger partial charge in [-0.2, -0.15) is 15.2 Å². The van der Waals surface area contributed by atoms with Crippen LogP contribution in [0.15, 0.2) is 36.9 Å². The third kappa shape index (κ3) is 5.46. The van der Waals surface area contributed by atoms with Crippen molar-refractivity contribution in [3.8, 4) is 29.0 Å². The van der Waals surface area contributed by atoms with E-state index in [2.05, 4.69) is 32.7 Å². The Morgan fingerprint density at radius 1 is 1.16 bits per heavy atom. The third-order valence-corrected chi connectivity index (χ3v) is 11.1. The van der Waals surface area contributed by atoms with Gasteiger partial charge in [0, 0.05) is 59.2 Å². The molecule has 49 heavy (non-hydrogen) atoms. The lowest BCUT2D eigenvalue weighted by Gasteiger charge is -2.34. The largest absolute Gasteiger partial charge is 0.508 e. The molecule has 4 saturated heterocycles. The fourth-order valence-corrected chi connectivity index (χ4v) is 9.03. The Hall–Kier alpha value is -4.40. The van der Waals surface area contributed by atoms with Crippen molar-refractivity contribution >= 4 is 33.1 Å². The van der Waals surface area contributed by atoms with Gasteiger partial charge < -0.3 is 20.1 Å². The van der Waals surface area contributed by atoms with Gasteiger partial charge in [0.15, 0.2) is 5.82 Å². The van der Waals surface area contributed by atoms with E-state index in [0.29, 0.717) is 60.0 Å². The second kappa shape index (κ2) is 12.2. The minimum atomic E-state index is -0.802. The minimum Gasteiger partial charge on any atom is -0.508 e. The van der Waals surface area contributed by atoms with Crippen molar-refractivity contribution in [2.75, 3.05) is 37.7 Å². The number of nitriles is 1. The minimum absolute atomic E-state index is 0.00792. The molecule has 3 aromatic carbocycles. The Labute approximate surface area is 283 Å². The number of allylic oxidation sites excluding steroid dienone is 1. The molecular formula is C38H39F3N6O2. The summed E-state index contributed by atoms with van der Waals surface area (Å²) in [5, 5.41) is 25.9. The number of alkyl halides is 1. The van der Waals surface area contributed by atoms with Crippen LogP contribution in [-0.4, -0.2) is 76.6 Å². The molecule has 11 heteroatoms. The summed E-state index contributed by atoms with van der Waals surface area (Å²) >= 11 is 0. The number of halogens is 3. The van der Waals surface area contributed by atoms with Gasteiger partial charge in [0.1, 0.15) is 29.1 Å². The first kappa shape index (κ1) is 31.8. The van der Waals surface area contributed by atoms with Crippen LogP contribution in [0.1, 0.15) is 63.0 Å². The maximum atomic E-state index is 17.2. The number of aromatic hydroxyl groups is 1. The van der Waals surface area contributed by atoms with Crippen LogP contribution in [0.5, 0.6) is 11.8 Å². The Kier molecular flexibility index (Phi) is 7.91. The van der Waals surface area contributed by atoms with Crippen LogP contribution in [0, 0.1) is 23.0 Å². The number of rotatable bonds is 8. The van der Waals surface area contributed by atoms with Crippen LogP contribution in [0.2, 0.25) is 0 Å². The molecule has 0 radical (unpaired) electrons. The molecular weight excluding hydrogens is 629 g/mol. The summed E-state index contributed by atoms with van der Waals surface area (Å²) < 4.78 is 53.0. The van der Waals surface area contributed by atoms with Crippen molar-refractivity contribution in [1.82, 2.24) is 20.2 Å². The predicted octanol–water partition coefficient (Wildman–Crippen LogP) is 7.01. The molecule has 8 rings (SSSR count). The van der Waals surface area contributed by atoms with Gasteiger partial charge >= 0.3 is 6.01 Å². The van der Waals surface area contributed by atoms with E-state index in [0.717, 1.165) is 38.6 Å². The second-order valence-electron chi connectivity index (χ2n) is 14.3. The first-order valence-electron chi connectivity index (χ1n) is 17.2. The number of ether oxygens (including phenoxy) is 1. The molecule has 254 valence electrons. The highest BCUT2D eigenvalue weighted by molar-refractivity contribution is 6.07. The molecule has 8 nitrogen and oxygen atoms in total. The van der Waals surface area contributed by atoms with E-state index >= 15 is 8.78 Å². The van der Waals surface area contributed by atoms with E-state index in [1.165, 1.54) is 24.3 Å². The van der Waals surface area contributed by atoms with Gasteiger partial charge in [0.25, 0.3) is 0 Å². The lowest BCUT2D eigenvalue weighted by molar-refractivity contribution is 0.164. The van der Waals surface area contributed by atoms with E-state index in [4.69, 9.17) is 9.72 Å². The summed E-state index contributed by atoms with van der Waals surface area (Å²) in [6.07, 6.45) is 5.31. The first-order valence-corrected chi connectivity index (χ1v) is 17.2. The van der Waals surface area contributed by atoms with Crippen molar-refractivity contribution in [2.24, 2.45) is 0 Å². The molecule has 4 aliphatic heterocycles. The van der Waals surface area contributed by atoms with Crippen molar-refractivity contribution in [3.05, 3.63) is 59.7 Å². The molecule has 4 aromatic rings. The van der Waals surface area contributed by atoms with Crippen molar-refractivity contribution < 1.29 is 23.0 Å². The molecule has 3 unspecified atom stereocenters. The number of fused-ring (bicyclic) bond motifs is 5. The summed E-state index contributed by atoms with van der Waals surface area (Å²) in [4.78, 5) is 13.8. The Balaban J connectivity index is 1.24. The predicted molar refractivity (Wildman–Crippen MR) is 183 cm³/mol. The fraction of sp³-hybridized carbons (Fsp3) is 0.447. The number of phenolic OH excluding ortho intramolecular Hbond substituents is 1. The number of piperazine rings is 1. The van der Waals surface area contributed by atoms with Gasteiger partial charge in [-0.05, 0) is 99.2 Å². The zero-order chi connectivity index (χ0) is 34.0. The van der Waals surface area contributed by atoms with E-state index in [1.807, 2.05) is 0 Å². The molecule has 2 N–H and O–H groups in total. The molecule has 0 spiro atoms. The Bertz CT molecular complexity index is 2040. The molecule has 0 saturated carbocycles. The van der Waals surface area contributed by atoms with Crippen LogP contribution in [0.25, 0.3) is 38.4 Å². The molecule has 4 aliphatic rings. The van der Waals surface area contributed by atoms with Crippen LogP contribution >= 0.6 is 0 Å². The smallest absolute Gasteiger partial charge is 0.319 e. The average Bonchev–Trinajstić information content (AvgIpc) is 3.72. The Morgan fingerprint density at radius 2 is 1.96 bits per heavy atom. The number of phenols is 1. The lowest BCUT2D eigenvalue weighted by Crippen LogP contribution is -2.51. The number of hydrogen-bond acceptors (Lipinski definition) is 8. The van der Waals surface area contributed by atoms with Crippen LogP contribution in [-0.2, 0) is 0 Å². The van der Waals surface area contributed by atoms with Gasteiger partial charge in [0.05, 0.1) is 18.2 Å². The number of nitrogens with zero attached hydrogens (tertiary/aromatic N) is 5. The second-order valence-corrected chi connectivity index (χ2v) is 14.3. The highest BCUT2D eigenvalue weighted by atomic mass is 19.1. The summed E-state index contributed by atoms with van der Waals surface area (Å²) in [5.74, 6) is -0.994. The zero-order valence-corrected chi connectivity index (χ0v) is 27.5. The summed E-state index contributed by atoms with van der Waals surface area (Å²) in [7, 11) is 0. The van der Waals surface area contributed by atoms with Crippen molar-refractivity contribution in [2.45, 2.75) is 75.7 Å². The maximum Gasteiger partial charge on any atom is 0.319 e. The number of anilines is 1. The highest BCUT2D eigenvalue weighted by Crippen LogP contribution is 2.45. The number of nitrogens with one attached hydrogen (secondary N) is 1. The van der Waals surface area contributed by atoms with Gasteiger partial charge in [-0.15, -0.1) is 0 Å². The summed E-state index contributed by atoms with van der Waals surface area (Å²) in [6.45, 7) is 8.63. The molecule has 0 aliphatic carbocycles. The monoisotopic (exact) mass is 668 g/mol. The normalized spacial score (nSPS) is 24.9. The maximum absolute atomic E-state index is 17.2. The Morgan fingerprint density at radius 3 is 2.71 bits per heavy atom. The fourth-order valence-electron chi connectivity index (χ4n) is 9.03. The molecule has 1 aromatic heterocycles. The number of hydrogen-bond donors (Lipinski definition) is 2. The molecule has 4 atom stereocenters. The van der Waals surface area contributed by atoms with Gasteiger partial charge in [0.2, 0.25) is 0 Å². The van der Waals surface area contributed by atoms with E-state index < -0.39 is 17.8 Å². The highest BCUT2D eigenvalue weighted by Gasteiger charge is 2.48. The quantitative estimate of drug-likeness (QED) is 0.194. The lowest BCUT2D eigenvalue weighted by atomic mass is 9.88. The average molecular weight is 669 g/mol. The number of benzene rings is 3. The number of aromatic nitrogens is 2. The van der Waals surface area contributed by atoms with E-state index in [1.54, 1.807) is 13.0 Å². The molecule has 5 heterocycles. The van der Waals surface area contributed by atoms with Crippen molar-refractivity contribution in [3.63, 3.8) is 0 Å². The third-order valence-electron chi connectivity index (χ3n) is 11.1. The van der Waals surface area contributed by atoms with Crippen LogP contribution in [0.3, 0.4) is 0 Å². The van der Waals surface area contributed by atoms with E-state index in [9.17, 15) is 14.8 Å². The molecule has 2 bridgehead atoms. The van der Waals surface area contributed by atoms with Crippen LogP contribution in [0.4, 0.5) is 19.0 Å². The van der Waals surface area contributed by atoms with Crippen molar-refractivity contribution in [1.29, 1.82) is 5.26 Å². The molecule has 0 amide bonds. The SMILES string of the molecule is C=C(C)c1c(F)ccc2cc(O)cc(-c3c(C#N)cc4c(N5CC6CCC(C5)N6)nc(OCCC[C@@]56CCCN5CC(F)C6)nc4c3F)c12. The standard InChI is InChI=1S/C38H39F3N6O2/c1-21(2)31-30(40)8-5-22-13-27(48)15-28(32(22)31)33-23(17-42)14-29-35(34(33)41)44-37(45-36(29)46-19-25-6-7-26(20-46)43-25)49-12-4-10-38-9-3-11-47(38)18-24(39)16-38/h5,8,13-15,24-26,43,48H,1,3-4,6-7,9-12,16,18-20H2,2H3/t24?,25?,26?,38-/m1/s1. The topological polar surface area (TPSA) is 97.5 Å².